The minimum absolute atomic E-state index is 0.150. The Kier molecular flexibility index (Phi) is 3.95. The van der Waals surface area contributed by atoms with E-state index < -0.39 is 9.84 Å². The average Bonchev–Trinajstić information content (AvgIpc) is 2.38. The summed E-state index contributed by atoms with van der Waals surface area (Å²) in [7, 11) is -2.87. The van der Waals surface area contributed by atoms with E-state index in [1.807, 2.05) is 0 Å². The van der Waals surface area contributed by atoms with Crippen LogP contribution in [-0.2, 0) is 16.3 Å². The summed E-state index contributed by atoms with van der Waals surface area (Å²) in [5, 5.41) is -0.150. The van der Waals surface area contributed by atoms with E-state index in [1.165, 1.54) is 17.5 Å². The Morgan fingerprint density at radius 1 is 1.28 bits per heavy atom. The molecule has 1 aliphatic heterocycles. The van der Waals surface area contributed by atoms with E-state index in [4.69, 9.17) is 0 Å². The second-order valence-corrected chi connectivity index (χ2v) is 7.37. The molecule has 1 heterocycles. The largest absolute Gasteiger partial charge is 0.371 e. The third kappa shape index (κ3) is 3.05. The first-order chi connectivity index (χ1) is 8.50. The highest BCUT2D eigenvalue weighted by Gasteiger charge is 2.26. The van der Waals surface area contributed by atoms with Crippen LogP contribution in [0.2, 0.25) is 0 Å². The summed E-state index contributed by atoms with van der Waals surface area (Å²) in [6.45, 7) is 3.82. The molecule has 0 saturated carbocycles. The number of nitrogens with zero attached hydrogens (tertiary/aromatic N) is 1. The Morgan fingerprint density at radius 2 is 1.94 bits per heavy atom. The van der Waals surface area contributed by atoms with Gasteiger partial charge in [0.05, 0.1) is 5.25 Å². The Morgan fingerprint density at radius 3 is 2.50 bits per heavy atom. The third-order valence-electron chi connectivity index (χ3n) is 3.73. The lowest BCUT2D eigenvalue weighted by Crippen LogP contribution is -2.39. The quantitative estimate of drug-likeness (QED) is 0.843. The lowest BCUT2D eigenvalue weighted by atomic mass is 10.1. The molecule has 0 unspecified atom stereocenters. The average molecular weight is 267 g/mol. The van der Waals surface area contributed by atoms with Gasteiger partial charge in [0.25, 0.3) is 0 Å². The fourth-order valence-corrected chi connectivity index (χ4v) is 3.58. The fraction of sp³-hybridized carbons (Fsp3) is 0.571. The zero-order valence-electron chi connectivity index (χ0n) is 11.1. The number of rotatable bonds is 3. The molecule has 1 fully saturated rings. The molecule has 0 bridgehead atoms. The maximum absolute atomic E-state index is 11.5. The molecule has 100 valence electrons. The Bertz CT molecular complexity index is 502. The van der Waals surface area contributed by atoms with Crippen LogP contribution in [0.4, 0.5) is 5.69 Å². The van der Waals surface area contributed by atoms with Crippen molar-refractivity contribution in [3.63, 3.8) is 0 Å². The molecular weight excluding hydrogens is 246 g/mol. The molecule has 0 spiro atoms. The highest BCUT2D eigenvalue weighted by molar-refractivity contribution is 7.91. The van der Waals surface area contributed by atoms with Crippen LogP contribution >= 0.6 is 0 Å². The smallest absolute Gasteiger partial charge is 0.150 e. The van der Waals surface area contributed by atoms with E-state index in [-0.39, 0.29) is 5.25 Å². The predicted octanol–water partition coefficient (Wildman–Crippen LogP) is 2.26. The molecule has 0 aromatic heterocycles. The van der Waals surface area contributed by atoms with E-state index in [0.29, 0.717) is 0 Å². The molecule has 0 amide bonds. The first-order valence-corrected chi connectivity index (χ1v) is 8.49. The van der Waals surface area contributed by atoms with Gasteiger partial charge >= 0.3 is 0 Å². The molecule has 0 atom stereocenters. The number of hydrogen-bond acceptors (Lipinski definition) is 3. The van der Waals surface area contributed by atoms with Crippen LogP contribution in [-0.4, -0.2) is 33.0 Å². The second kappa shape index (κ2) is 5.31. The number of benzene rings is 1. The van der Waals surface area contributed by atoms with Gasteiger partial charge in [0, 0.05) is 25.0 Å². The van der Waals surface area contributed by atoms with Crippen LogP contribution in [0.5, 0.6) is 0 Å². The molecule has 3 nitrogen and oxygen atoms in total. The summed E-state index contributed by atoms with van der Waals surface area (Å²) in [6, 6.07) is 8.53. The Balaban J connectivity index is 2.05. The third-order valence-corrected chi connectivity index (χ3v) is 5.41. The molecule has 0 radical (unpaired) electrons. The normalized spacial score (nSPS) is 18.0. The van der Waals surface area contributed by atoms with Gasteiger partial charge in [0.1, 0.15) is 9.84 Å². The first kappa shape index (κ1) is 13.4. The molecule has 18 heavy (non-hydrogen) atoms. The standard InChI is InChI=1S/C14H21NO2S/c1-3-12-5-4-6-13(11-12)15-9-7-14(8-10-15)18(2,16)17/h4-6,11,14H,3,7-10H2,1-2H3. The fourth-order valence-electron chi connectivity index (χ4n) is 2.52. The van der Waals surface area contributed by atoms with Gasteiger partial charge in [0.2, 0.25) is 0 Å². The number of hydrogen-bond donors (Lipinski definition) is 0. The van der Waals surface area contributed by atoms with Crippen molar-refractivity contribution >= 4 is 15.5 Å². The van der Waals surface area contributed by atoms with Crippen molar-refractivity contribution < 1.29 is 8.42 Å². The number of piperidine rings is 1. The zero-order chi connectivity index (χ0) is 13.2. The second-order valence-electron chi connectivity index (χ2n) is 5.04. The Hall–Kier alpha value is -1.03. The van der Waals surface area contributed by atoms with Crippen molar-refractivity contribution in [1.82, 2.24) is 0 Å². The topological polar surface area (TPSA) is 37.4 Å². The van der Waals surface area contributed by atoms with Gasteiger partial charge in [-0.2, -0.15) is 0 Å². The highest BCUT2D eigenvalue weighted by atomic mass is 32.2. The van der Waals surface area contributed by atoms with Crippen molar-refractivity contribution in [2.45, 2.75) is 31.4 Å². The van der Waals surface area contributed by atoms with Crippen molar-refractivity contribution in [1.29, 1.82) is 0 Å². The van der Waals surface area contributed by atoms with Crippen LogP contribution in [0.15, 0.2) is 24.3 Å². The van der Waals surface area contributed by atoms with Gasteiger partial charge in [-0.05, 0) is 37.0 Å². The van der Waals surface area contributed by atoms with Crippen LogP contribution in [0.1, 0.15) is 25.3 Å². The summed E-state index contributed by atoms with van der Waals surface area (Å²) in [5.41, 5.74) is 2.55. The zero-order valence-corrected chi connectivity index (χ0v) is 11.9. The lowest BCUT2D eigenvalue weighted by molar-refractivity contribution is 0.534. The van der Waals surface area contributed by atoms with Crippen molar-refractivity contribution in [3.8, 4) is 0 Å². The van der Waals surface area contributed by atoms with E-state index in [2.05, 4.69) is 36.1 Å². The maximum atomic E-state index is 11.5. The van der Waals surface area contributed by atoms with Crippen LogP contribution in [0, 0.1) is 0 Å². The maximum Gasteiger partial charge on any atom is 0.150 e. The van der Waals surface area contributed by atoms with Crippen LogP contribution < -0.4 is 4.90 Å². The summed E-state index contributed by atoms with van der Waals surface area (Å²) in [5.74, 6) is 0. The SMILES string of the molecule is CCc1cccc(N2CCC(S(C)(=O)=O)CC2)c1. The van der Waals surface area contributed by atoms with Gasteiger partial charge in [-0.1, -0.05) is 19.1 Å². The van der Waals surface area contributed by atoms with Crippen LogP contribution in [0.3, 0.4) is 0 Å². The van der Waals surface area contributed by atoms with Crippen molar-refractivity contribution in [2.24, 2.45) is 0 Å². The summed E-state index contributed by atoms with van der Waals surface area (Å²) in [6.07, 6.45) is 3.88. The van der Waals surface area contributed by atoms with Gasteiger partial charge < -0.3 is 4.90 Å². The van der Waals surface area contributed by atoms with Gasteiger partial charge in [-0.25, -0.2) is 8.42 Å². The van der Waals surface area contributed by atoms with Crippen LogP contribution in [0.25, 0.3) is 0 Å². The van der Waals surface area contributed by atoms with E-state index in [9.17, 15) is 8.42 Å². The van der Waals surface area contributed by atoms with E-state index >= 15 is 0 Å². The minimum Gasteiger partial charge on any atom is -0.371 e. The van der Waals surface area contributed by atoms with Crippen molar-refractivity contribution in [3.05, 3.63) is 29.8 Å². The number of sulfone groups is 1. The van der Waals surface area contributed by atoms with E-state index in [1.54, 1.807) is 0 Å². The molecular formula is C14H21NO2S. The molecule has 1 saturated heterocycles. The molecule has 0 N–H and O–H groups in total. The number of aryl methyl sites for hydroxylation is 1. The van der Waals surface area contributed by atoms with Crippen molar-refractivity contribution in [2.75, 3.05) is 24.2 Å². The predicted molar refractivity (Wildman–Crippen MR) is 75.9 cm³/mol. The molecule has 0 aliphatic carbocycles. The molecule has 1 aromatic rings. The number of anilines is 1. The summed E-state index contributed by atoms with van der Waals surface area (Å²) < 4.78 is 23.0. The molecule has 4 heteroatoms. The lowest BCUT2D eigenvalue weighted by Gasteiger charge is -2.33. The first-order valence-electron chi connectivity index (χ1n) is 6.53. The highest BCUT2D eigenvalue weighted by Crippen LogP contribution is 2.23. The Labute approximate surface area is 110 Å². The van der Waals surface area contributed by atoms with Gasteiger partial charge in [0.15, 0.2) is 0 Å². The molecule has 2 rings (SSSR count). The van der Waals surface area contributed by atoms with Gasteiger partial charge in [-0.3, -0.25) is 0 Å². The summed E-state index contributed by atoms with van der Waals surface area (Å²) >= 11 is 0. The monoisotopic (exact) mass is 267 g/mol. The summed E-state index contributed by atoms with van der Waals surface area (Å²) in [4.78, 5) is 2.29. The van der Waals surface area contributed by atoms with Gasteiger partial charge in [-0.15, -0.1) is 0 Å². The van der Waals surface area contributed by atoms with E-state index in [0.717, 1.165) is 32.4 Å². The minimum atomic E-state index is -2.87. The molecule has 1 aromatic carbocycles. The molecule has 1 aliphatic rings.